The van der Waals surface area contributed by atoms with Crippen molar-refractivity contribution in [1.82, 2.24) is 20.5 Å². The first-order valence-electron chi connectivity index (χ1n) is 5.86. The Kier molecular flexibility index (Phi) is 3.92. The summed E-state index contributed by atoms with van der Waals surface area (Å²) in [5, 5.41) is 9.53. The molecular formula is C10H17N5O2. The number of amides is 1. The van der Waals surface area contributed by atoms with Gasteiger partial charge in [-0.15, -0.1) is 0 Å². The third kappa shape index (κ3) is 3.16. The summed E-state index contributed by atoms with van der Waals surface area (Å²) in [6.45, 7) is 3.98. The van der Waals surface area contributed by atoms with Crippen LogP contribution in [-0.4, -0.2) is 47.3 Å². The van der Waals surface area contributed by atoms with Crippen molar-refractivity contribution in [1.29, 1.82) is 0 Å². The minimum Gasteiger partial charge on any atom is -0.379 e. The lowest BCUT2D eigenvalue weighted by Gasteiger charge is -2.13. The van der Waals surface area contributed by atoms with Crippen molar-refractivity contribution in [2.24, 2.45) is 0 Å². The highest BCUT2D eigenvalue weighted by molar-refractivity contribution is 5.95. The third-order valence-electron chi connectivity index (χ3n) is 2.86. The van der Waals surface area contributed by atoms with Crippen molar-refractivity contribution in [3.05, 3.63) is 5.69 Å². The maximum absolute atomic E-state index is 11.6. The highest BCUT2D eigenvalue weighted by atomic mass is 16.6. The fourth-order valence-electron chi connectivity index (χ4n) is 1.95. The molecule has 0 bridgehead atoms. The van der Waals surface area contributed by atoms with Crippen LogP contribution in [0.15, 0.2) is 4.63 Å². The molecule has 7 nitrogen and oxygen atoms in total. The highest BCUT2D eigenvalue weighted by Gasteiger charge is 2.15. The van der Waals surface area contributed by atoms with Crippen molar-refractivity contribution in [2.75, 3.05) is 31.9 Å². The summed E-state index contributed by atoms with van der Waals surface area (Å²) < 4.78 is 4.36. The largest absolute Gasteiger partial charge is 0.379 e. The Balaban J connectivity index is 1.65. The molecule has 1 aromatic heterocycles. The molecule has 2 heterocycles. The molecule has 0 unspecified atom stereocenters. The summed E-state index contributed by atoms with van der Waals surface area (Å²) in [4.78, 5) is 14.0. The molecule has 1 aliphatic heterocycles. The van der Waals surface area contributed by atoms with Crippen molar-refractivity contribution in [3.8, 4) is 0 Å². The predicted molar refractivity (Wildman–Crippen MR) is 61.3 cm³/mol. The first-order valence-corrected chi connectivity index (χ1v) is 5.86. The maximum Gasteiger partial charge on any atom is 0.277 e. The van der Waals surface area contributed by atoms with Gasteiger partial charge in [-0.25, -0.2) is 4.63 Å². The molecule has 1 saturated heterocycles. The molecule has 1 aromatic rings. The fourth-order valence-corrected chi connectivity index (χ4v) is 1.95. The minimum absolute atomic E-state index is 0.0297. The first kappa shape index (κ1) is 11.8. The molecule has 1 aliphatic rings. The van der Waals surface area contributed by atoms with Crippen LogP contribution in [0.5, 0.6) is 0 Å². The van der Waals surface area contributed by atoms with E-state index < -0.39 is 0 Å². The summed E-state index contributed by atoms with van der Waals surface area (Å²) in [5.41, 5.74) is 5.47. The average molecular weight is 239 g/mol. The number of nitrogens with one attached hydrogen (secondary N) is 1. The number of anilines is 1. The smallest absolute Gasteiger partial charge is 0.277 e. The number of rotatable bonds is 5. The van der Waals surface area contributed by atoms with E-state index in [4.69, 9.17) is 5.73 Å². The van der Waals surface area contributed by atoms with Crippen LogP contribution in [0.3, 0.4) is 0 Å². The number of likely N-dealkylation sites (tertiary alicyclic amines) is 1. The Bertz CT molecular complexity index is 373. The van der Waals surface area contributed by atoms with Gasteiger partial charge < -0.3 is 16.0 Å². The van der Waals surface area contributed by atoms with E-state index in [0.717, 1.165) is 13.0 Å². The van der Waals surface area contributed by atoms with Gasteiger partial charge in [-0.1, -0.05) is 0 Å². The maximum atomic E-state index is 11.6. The van der Waals surface area contributed by atoms with Gasteiger partial charge in [0.05, 0.1) is 0 Å². The zero-order chi connectivity index (χ0) is 12.1. The lowest BCUT2D eigenvalue weighted by molar-refractivity contribution is 0.0943. The van der Waals surface area contributed by atoms with Gasteiger partial charge in [-0.2, -0.15) is 0 Å². The molecule has 2 rings (SSSR count). The van der Waals surface area contributed by atoms with Gasteiger partial charge in [0, 0.05) is 6.54 Å². The SMILES string of the molecule is Nc1nonc1C(=O)NCCCN1CCCC1. The number of carbonyl (C=O) groups excluding carboxylic acids is 1. The van der Waals surface area contributed by atoms with Gasteiger partial charge in [0.1, 0.15) is 0 Å². The van der Waals surface area contributed by atoms with Crippen LogP contribution in [0.1, 0.15) is 29.8 Å². The zero-order valence-corrected chi connectivity index (χ0v) is 9.69. The van der Waals surface area contributed by atoms with E-state index in [1.807, 2.05) is 0 Å². The number of hydrogen-bond acceptors (Lipinski definition) is 6. The molecule has 0 radical (unpaired) electrons. The Labute approximate surface area is 99.3 Å². The molecule has 0 spiro atoms. The predicted octanol–water partition coefficient (Wildman–Crippen LogP) is -0.133. The van der Waals surface area contributed by atoms with Crippen LogP contribution in [0.4, 0.5) is 5.82 Å². The van der Waals surface area contributed by atoms with Crippen LogP contribution < -0.4 is 11.1 Å². The van der Waals surface area contributed by atoms with Crippen molar-refractivity contribution in [3.63, 3.8) is 0 Å². The average Bonchev–Trinajstić information content (AvgIpc) is 2.95. The van der Waals surface area contributed by atoms with Gasteiger partial charge in [0.2, 0.25) is 11.5 Å². The van der Waals surface area contributed by atoms with Crippen LogP contribution in [0.2, 0.25) is 0 Å². The van der Waals surface area contributed by atoms with Crippen LogP contribution in [0.25, 0.3) is 0 Å². The quantitative estimate of drug-likeness (QED) is 0.694. The van der Waals surface area contributed by atoms with Gasteiger partial charge in [-0.3, -0.25) is 4.79 Å². The summed E-state index contributed by atoms with van der Waals surface area (Å²) >= 11 is 0. The van der Waals surface area contributed by atoms with Crippen LogP contribution in [0, 0.1) is 0 Å². The number of nitrogen functional groups attached to an aromatic ring is 1. The summed E-state index contributed by atoms with van der Waals surface area (Å²) in [6, 6.07) is 0. The Morgan fingerprint density at radius 2 is 2.18 bits per heavy atom. The Hall–Kier alpha value is -1.63. The lowest BCUT2D eigenvalue weighted by Crippen LogP contribution is -2.29. The molecule has 17 heavy (non-hydrogen) atoms. The topological polar surface area (TPSA) is 97.3 Å². The molecule has 94 valence electrons. The third-order valence-corrected chi connectivity index (χ3v) is 2.86. The van der Waals surface area contributed by atoms with Gasteiger partial charge in [-0.05, 0) is 49.2 Å². The van der Waals surface area contributed by atoms with E-state index in [-0.39, 0.29) is 17.4 Å². The molecule has 0 aromatic carbocycles. The van der Waals surface area contributed by atoms with E-state index in [9.17, 15) is 4.79 Å². The second-order valence-electron chi connectivity index (χ2n) is 4.16. The van der Waals surface area contributed by atoms with Crippen molar-refractivity contribution in [2.45, 2.75) is 19.3 Å². The molecular weight excluding hydrogens is 222 g/mol. The highest BCUT2D eigenvalue weighted by Crippen LogP contribution is 2.07. The molecule has 0 atom stereocenters. The van der Waals surface area contributed by atoms with Crippen molar-refractivity contribution < 1.29 is 9.42 Å². The Morgan fingerprint density at radius 1 is 1.41 bits per heavy atom. The minimum atomic E-state index is -0.329. The summed E-state index contributed by atoms with van der Waals surface area (Å²) in [6.07, 6.45) is 3.50. The summed E-state index contributed by atoms with van der Waals surface area (Å²) in [5.74, 6) is -0.299. The van der Waals surface area contributed by atoms with Gasteiger partial charge in [0.25, 0.3) is 5.91 Å². The molecule has 0 aliphatic carbocycles. The number of hydrogen-bond donors (Lipinski definition) is 2. The number of aromatic nitrogens is 2. The van der Waals surface area contributed by atoms with E-state index >= 15 is 0 Å². The van der Waals surface area contributed by atoms with Crippen LogP contribution >= 0.6 is 0 Å². The number of nitrogens with two attached hydrogens (primary N) is 1. The standard InChI is InChI=1S/C10H17N5O2/c11-9-8(13-17-14-9)10(16)12-4-3-7-15-5-1-2-6-15/h1-7H2,(H2,11,14)(H,12,16). The van der Waals surface area contributed by atoms with E-state index in [0.29, 0.717) is 6.54 Å². The Morgan fingerprint density at radius 3 is 2.82 bits per heavy atom. The number of nitrogens with zero attached hydrogens (tertiary/aromatic N) is 3. The second-order valence-corrected chi connectivity index (χ2v) is 4.16. The van der Waals surface area contributed by atoms with E-state index in [1.165, 1.54) is 25.9 Å². The fraction of sp³-hybridized carbons (Fsp3) is 0.700. The molecule has 1 amide bonds. The van der Waals surface area contributed by atoms with Crippen molar-refractivity contribution >= 4 is 11.7 Å². The van der Waals surface area contributed by atoms with E-state index in [1.54, 1.807) is 0 Å². The van der Waals surface area contributed by atoms with Gasteiger partial charge >= 0.3 is 0 Å². The molecule has 7 heteroatoms. The number of carbonyl (C=O) groups is 1. The molecule has 0 saturated carbocycles. The van der Waals surface area contributed by atoms with E-state index in [2.05, 4.69) is 25.2 Å². The normalized spacial score (nSPS) is 16.2. The summed E-state index contributed by atoms with van der Waals surface area (Å²) in [7, 11) is 0. The second kappa shape index (κ2) is 5.62. The first-order chi connectivity index (χ1) is 8.27. The lowest BCUT2D eigenvalue weighted by atomic mass is 10.3. The zero-order valence-electron chi connectivity index (χ0n) is 9.69. The molecule has 1 fully saturated rings. The van der Waals surface area contributed by atoms with Gasteiger partial charge in [0.15, 0.2) is 0 Å². The molecule has 3 N–H and O–H groups in total. The van der Waals surface area contributed by atoms with Crippen LogP contribution in [-0.2, 0) is 0 Å². The monoisotopic (exact) mass is 239 g/mol.